The molecule has 2 rings (SSSR count). The van der Waals surface area contributed by atoms with E-state index in [0.717, 1.165) is 11.3 Å². The van der Waals surface area contributed by atoms with E-state index in [2.05, 4.69) is 10.3 Å². The molecule has 0 radical (unpaired) electrons. The van der Waals surface area contributed by atoms with Gasteiger partial charge in [-0.1, -0.05) is 11.3 Å². The topological polar surface area (TPSA) is 105 Å². The van der Waals surface area contributed by atoms with Gasteiger partial charge < -0.3 is 4.90 Å². The van der Waals surface area contributed by atoms with Crippen molar-refractivity contribution in [3.63, 3.8) is 0 Å². The zero-order chi connectivity index (χ0) is 17.1. The number of hydrogen-bond donors (Lipinski definition) is 1. The zero-order valence-corrected chi connectivity index (χ0v) is 13.5. The molecule has 0 atom stereocenters. The monoisotopic (exact) mass is 334 g/mol. The largest absolute Gasteiger partial charge is 0.344 e. The minimum absolute atomic E-state index is 0.0921. The third-order valence-corrected chi connectivity index (χ3v) is 4.02. The second kappa shape index (κ2) is 6.53. The number of aromatic nitrogens is 1. The smallest absolute Gasteiger partial charge is 0.269 e. The average molecular weight is 334 g/mol. The van der Waals surface area contributed by atoms with Crippen molar-refractivity contribution >= 4 is 34.0 Å². The number of hydrogen-bond acceptors (Lipinski definition) is 6. The third-order valence-electron chi connectivity index (χ3n) is 2.96. The van der Waals surface area contributed by atoms with Crippen LogP contribution in [0.5, 0.6) is 0 Å². The van der Waals surface area contributed by atoms with Crippen LogP contribution >= 0.6 is 11.3 Å². The Balaban J connectivity index is 2.16. The fraction of sp³-hybridized carbons (Fsp3) is 0.214. The summed E-state index contributed by atoms with van der Waals surface area (Å²) in [6.45, 7) is 1.69. The molecule has 1 aromatic heterocycles. The summed E-state index contributed by atoms with van der Waals surface area (Å²) in [5.74, 6) is -0.631. The molecule has 0 saturated heterocycles. The third kappa shape index (κ3) is 3.69. The van der Waals surface area contributed by atoms with Crippen LogP contribution in [0.2, 0.25) is 0 Å². The summed E-state index contributed by atoms with van der Waals surface area (Å²) < 4.78 is 0. The van der Waals surface area contributed by atoms with E-state index in [4.69, 9.17) is 0 Å². The summed E-state index contributed by atoms with van der Waals surface area (Å²) in [5.41, 5.74) is 0.710. The quantitative estimate of drug-likeness (QED) is 0.682. The lowest BCUT2D eigenvalue weighted by molar-refractivity contribution is -0.384. The van der Waals surface area contributed by atoms with Gasteiger partial charge in [-0.15, -0.1) is 0 Å². The number of nitro benzene ring substituents is 1. The Bertz CT molecular complexity index is 768. The van der Waals surface area contributed by atoms with Crippen LogP contribution in [0.15, 0.2) is 24.3 Å². The highest BCUT2D eigenvalue weighted by molar-refractivity contribution is 7.17. The van der Waals surface area contributed by atoms with Crippen molar-refractivity contribution in [1.82, 2.24) is 9.88 Å². The minimum atomic E-state index is -0.537. The van der Waals surface area contributed by atoms with Gasteiger partial charge in [-0.3, -0.25) is 25.0 Å². The highest BCUT2D eigenvalue weighted by atomic mass is 32.1. The van der Waals surface area contributed by atoms with Crippen LogP contribution < -0.4 is 5.32 Å². The first-order chi connectivity index (χ1) is 10.8. The molecule has 1 aromatic carbocycles. The number of carbonyl (C=O) groups excluding carboxylic acids is 2. The van der Waals surface area contributed by atoms with Crippen LogP contribution in [0.4, 0.5) is 10.8 Å². The van der Waals surface area contributed by atoms with Gasteiger partial charge in [0.25, 0.3) is 17.5 Å². The number of nitro groups is 1. The summed E-state index contributed by atoms with van der Waals surface area (Å²) in [7, 11) is 3.27. The lowest BCUT2D eigenvalue weighted by Crippen LogP contribution is -2.21. The fourth-order valence-electron chi connectivity index (χ4n) is 1.76. The highest BCUT2D eigenvalue weighted by Crippen LogP contribution is 2.24. The molecular formula is C14H14N4O4S. The summed E-state index contributed by atoms with van der Waals surface area (Å²) in [6, 6.07) is 5.23. The second-order valence-electron chi connectivity index (χ2n) is 4.89. The molecule has 8 nitrogen and oxygen atoms in total. The number of aryl methyl sites for hydroxylation is 1. The first kappa shape index (κ1) is 16.6. The molecule has 0 aliphatic carbocycles. The van der Waals surface area contributed by atoms with Gasteiger partial charge in [0.2, 0.25) is 0 Å². The fourth-order valence-corrected chi connectivity index (χ4v) is 2.74. The van der Waals surface area contributed by atoms with Gasteiger partial charge >= 0.3 is 0 Å². The second-order valence-corrected chi connectivity index (χ2v) is 5.89. The average Bonchev–Trinajstić information content (AvgIpc) is 2.86. The Kier molecular flexibility index (Phi) is 4.70. The van der Waals surface area contributed by atoms with E-state index in [0.29, 0.717) is 15.7 Å². The number of rotatable bonds is 4. The van der Waals surface area contributed by atoms with Gasteiger partial charge in [-0.25, -0.2) is 4.98 Å². The standard InChI is InChI=1S/C14H14N4O4S/c1-8-11(13(20)17(2)3)23-14(15-8)16-12(19)9-4-6-10(7-5-9)18(21)22/h4-7H,1-3H3,(H,15,16,19). The van der Waals surface area contributed by atoms with Gasteiger partial charge in [0.15, 0.2) is 5.13 Å². The van der Waals surface area contributed by atoms with Crippen molar-refractivity contribution < 1.29 is 14.5 Å². The number of thiazole rings is 1. The van der Waals surface area contributed by atoms with Crippen LogP contribution in [0.25, 0.3) is 0 Å². The Morgan fingerprint density at radius 3 is 2.39 bits per heavy atom. The molecule has 2 aromatic rings. The van der Waals surface area contributed by atoms with Crippen molar-refractivity contribution in [2.45, 2.75) is 6.92 Å². The van der Waals surface area contributed by atoms with Crippen molar-refractivity contribution in [2.75, 3.05) is 19.4 Å². The highest BCUT2D eigenvalue weighted by Gasteiger charge is 2.18. The van der Waals surface area contributed by atoms with Crippen LogP contribution in [0, 0.1) is 17.0 Å². The van der Waals surface area contributed by atoms with E-state index >= 15 is 0 Å². The maximum atomic E-state index is 12.1. The van der Waals surface area contributed by atoms with Crippen LogP contribution in [0.1, 0.15) is 25.7 Å². The van der Waals surface area contributed by atoms with Crippen molar-refractivity contribution in [1.29, 1.82) is 0 Å². The van der Waals surface area contributed by atoms with E-state index in [1.165, 1.54) is 29.2 Å². The molecule has 0 fully saturated rings. The SMILES string of the molecule is Cc1nc(NC(=O)c2ccc([N+](=O)[O-])cc2)sc1C(=O)N(C)C. The van der Waals surface area contributed by atoms with Crippen molar-refractivity contribution in [3.05, 3.63) is 50.5 Å². The Labute approximate surface area is 135 Å². The number of non-ortho nitro benzene ring substituents is 1. The molecule has 1 heterocycles. The molecule has 0 aliphatic heterocycles. The first-order valence-corrected chi connectivity index (χ1v) is 7.36. The summed E-state index contributed by atoms with van der Waals surface area (Å²) in [4.78, 5) is 40.2. The maximum absolute atomic E-state index is 12.1. The number of amides is 2. The number of anilines is 1. The van der Waals surface area contributed by atoms with Gasteiger partial charge in [0, 0.05) is 31.8 Å². The first-order valence-electron chi connectivity index (χ1n) is 6.54. The Hall–Kier alpha value is -2.81. The minimum Gasteiger partial charge on any atom is -0.344 e. The molecule has 120 valence electrons. The predicted molar refractivity (Wildman–Crippen MR) is 85.9 cm³/mol. The van der Waals surface area contributed by atoms with Crippen molar-refractivity contribution in [2.24, 2.45) is 0 Å². The van der Waals surface area contributed by atoms with Gasteiger partial charge in [0.1, 0.15) is 4.88 Å². The van der Waals surface area contributed by atoms with Crippen molar-refractivity contribution in [3.8, 4) is 0 Å². The number of nitrogens with zero attached hydrogens (tertiary/aromatic N) is 3. The van der Waals surface area contributed by atoms with E-state index in [1.807, 2.05) is 0 Å². The molecule has 2 amide bonds. The lowest BCUT2D eigenvalue weighted by atomic mass is 10.2. The van der Waals surface area contributed by atoms with Crippen LogP contribution in [-0.2, 0) is 0 Å². The number of benzene rings is 1. The van der Waals surface area contributed by atoms with Crippen LogP contribution in [0.3, 0.4) is 0 Å². The Morgan fingerprint density at radius 2 is 1.87 bits per heavy atom. The van der Waals surface area contributed by atoms with Gasteiger partial charge in [0.05, 0.1) is 10.6 Å². The Morgan fingerprint density at radius 1 is 1.26 bits per heavy atom. The zero-order valence-electron chi connectivity index (χ0n) is 12.7. The molecule has 0 bridgehead atoms. The van der Waals surface area contributed by atoms with E-state index < -0.39 is 10.8 Å². The maximum Gasteiger partial charge on any atom is 0.269 e. The summed E-state index contributed by atoms with van der Waals surface area (Å²) in [5, 5.41) is 13.5. The predicted octanol–water partition coefficient (Wildman–Crippen LogP) is 2.31. The molecule has 0 spiro atoms. The number of nitrogens with one attached hydrogen (secondary N) is 1. The van der Waals surface area contributed by atoms with E-state index in [9.17, 15) is 19.7 Å². The van der Waals surface area contributed by atoms with Gasteiger partial charge in [-0.05, 0) is 19.1 Å². The molecule has 9 heteroatoms. The lowest BCUT2D eigenvalue weighted by Gasteiger charge is -2.07. The molecule has 0 saturated carbocycles. The summed E-state index contributed by atoms with van der Waals surface area (Å²) >= 11 is 1.08. The van der Waals surface area contributed by atoms with Crippen LogP contribution in [-0.4, -0.2) is 40.7 Å². The van der Waals surface area contributed by atoms with E-state index in [1.54, 1.807) is 21.0 Å². The van der Waals surface area contributed by atoms with Gasteiger partial charge in [-0.2, -0.15) is 0 Å². The molecule has 0 unspecified atom stereocenters. The molecule has 1 N–H and O–H groups in total. The molecular weight excluding hydrogens is 320 g/mol. The van der Waals surface area contributed by atoms with E-state index in [-0.39, 0.29) is 17.2 Å². The molecule has 23 heavy (non-hydrogen) atoms. The number of carbonyl (C=O) groups is 2. The normalized spacial score (nSPS) is 10.2. The molecule has 0 aliphatic rings. The summed E-state index contributed by atoms with van der Waals surface area (Å²) in [6.07, 6.45) is 0.